The van der Waals surface area contributed by atoms with E-state index in [4.69, 9.17) is 4.84 Å². The van der Waals surface area contributed by atoms with Gasteiger partial charge in [0.25, 0.3) is 5.91 Å². The molecule has 4 heteroatoms. The van der Waals surface area contributed by atoms with Gasteiger partial charge in [0.1, 0.15) is 6.61 Å². The molecule has 1 fully saturated rings. The van der Waals surface area contributed by atoms with Crippen molar-refractivity contribution in [2.45, 2.75) is 25.4 Å². The van der Waals surface area contributed by atoms with E-state index in [9.17, 15) is 9.90 Å². The third-order valence-corrected chi connectivity index (χ3v) is 3.06. The predicted octanol–water partition coefficient (Wildman–Crippen LogP) is 1.10. The first-order valence-corrected chi connectivity index (χ1v) is 5.70. The Morgan fingerprint density at radius 1 is 1.41 bits per heavy atom. The molecular weight excluding hydrogens is 218 g/mol. The molecule has 1 atom stereocenters. The first-order chi connectivity index (χ1) is 8.01. The van der Waals surface area contributed by atoms with Gasteiger partial charge < -0.3 is 5.11 Å². The summed E-state index contributed by atoms with van der Waals surface area (Å²) in [5.74, 6) is -0.125. The molecule has 0 unspecified atom stereocenters. The fourth-order valence-electron chi connectivity index (χ4n) is 1.90. The van der Waals surface area contributed by atoms with Crippen LogP contribution in [0.15, 0.2) is 30.3 Å². The van der Waals surface area contributed by atoms with Crippen LogP contribution in [0.2, 0.25) is 0 Å². The number of hydroxylamine groups is 2. The number of hydrogen-bond donors (Lipinski definition) is 1. The number of carbonyl (C=O) groups is 1. The third-order valence-electron chi connectivity index (χ3n) is 3.06. The summed E-state index contributed by atoms with van der Waals surface area (Å²) in [6, 6.07) is 9.57. The molecule has 4 nitrogen and oxygen atoms in total. The summed E-state index contributed by atoms with van der Waals surface area (Å²) in [6.45, 7) is 4.16. The monoisotopic (exact) mass is 235 g/mol. The molecule has 2 rings (SSSR count). The smallest absolute Gasteiger partial charge is 0.256 e. The molecule has 0 spiro atoms. The maximum absolute atomic E-state index is 12.3. The fraction of sp³-hybridized carbons (Fsp3) is 0.462. The van der Waals surface area contributed by atoms with Crippen molar-refractivity contribution >= 4 is 5.91 Å². The number of carbonyl (C=O) groups excluding carboxylic acids is 1. The van der Waals surface area contributed by atoms with Crippen molar-refractivity contribution in [2.75, 3.05) is 13.2 Å². The van der Waals surface area contributed by atoms with E-state index < -0.39 is 11.5 Å². The number of amides is 1. The topological polar surface area (TPSA) is 49.8 Å². The van der Waals surface area contributed by atoms with Crippen molar-refractivity contribution in [3.05, 3.63) is 35.9 Å². The molecule has 0 radical (unpaired) electrons. The van der Waals surface area contributed by atoms with Crippen LogP contribution in [0.3, 0.4) is 0 Å². The van der Waals surface area contributed by atoms with E-state index in [1.165, 1.54) is 5.06 Å². The number of nitrogens with zero attached hydrogens (tertiary/aromatic N) is 1. The third kappa shape index (κ3) is 2.33. The predicted molar refractivity (Wildman–Crippen MR) is 63.1 cm³/mol. The zero-order chi connectivity index (χ0) is 12.5. The van der Waals surface area contributed by atoms with Gasteiger partial charge in [-0.3, -0.25) is 9.63 Å². The van der Waals surface area contributed by atoms with E-state index in [0.29, 0.717) is 0 Å². The van der Waals surface area contributed by atoms with Gasteiger partial charge in [-0.2, -0.15) is 0 Å². The maximum atomic E-state index is 12.3. The van der Waals surface area contributed by atoms with Crippen molar-refractivity contribution in [1.82, 2.24) is 5.06 Å². The molecule has 0 aliphatic carbocycles. The summed E-state index contributed by atoms with van der Waals surface area (Å²) in [4.78, 5) is 17.5. The van der Waals surface area contributed by atoms with Crippen molar-refractivity contribution in [3.8, 4) is 0 Å². The minimum absolute atomic E-state index is 0.125. The summed E-state index contributed by atoms with van der Waals surface area (Å²) in [6.07, 6.45) is -0.578. The molecule has 1 aliphatic heterocycles. The standard InChI is InChI=1S/C13H17NO3/c1-13(2,10-6-4-3-5-7-10)12(16)14-8-11(15)9-17-14/h3-7,11,15H,8-9H2,1-2H3/t11-/m0/s1. The molecule has 1 saturated heterocycles. The first kappa shape index (κ1) is 12.1. The van der Waals surface area contributed by atoms with E-state index in [-0.39, 0.29) is 19.1 Å². The van der Waals surface area contributed by atoms with E-state index >= 15 is 0 Å². The highest BCUT2D eigenvalue weighted by Crippen LogP contribution is 2.26. The molecular formula is C13H17NO3. The summed E-state index contributed by atoms with van der Waals surface area (Å²) < 4.78 is 0. The lowest BCUT2D eigenvalue weighted by Crippen LogP contribution is -2.42. The van der Waals surface area contributed by atoms with Crippen molar-refractivity contribution in [2.24, 2.45) is 0 Å². The van der Waals surface area contributed by atoms with Crippen molar-refractivity contribution in [1.29, 1.82) is 0 Å². The quantitative estimate of drug-likeness (QED) is 0.835. The van der Waals surface area contributed by atoms with Gasteiger partial charge in [0.05, 0.1) is 18.1 Å². The van der Waals surface area contributed by atoms with Crippen LogP contribution in [0, 0.1) is 0 Å². The Morgan fingerprint density at radius 2 is 2.06 bits per heavy atom. The van der Waals surface area contributed by atoms with Crippen molar-refractivity contribution < 1.29 is 14.7 Å². The van der Waals surface area contributed by atoms with E-state index in [1.54, 1.807) is 0 Å². The zero-order valence-electron chi connectivity index (χ0n) is 10.1. The summed E-state index contributed by atoms with van der Waals surface area (Å²) >= 11 is 0. The second-order valence-corrected chi connectivity index (χ2v) is 4.81. The second kappa shape index (κ2) is 4.47. The van der Waals surface area contributed by atoms with Crippen molar-refractivity contribution in [3.63, 3.8) is 0 Å². The first-order valence-electron chi connectivity index (χ1n) is 5.70. The van der Waals surface area contributed by atoms with Crippen LogP contribution in [0.25, 0.3) is 0 Å². The Hall–Kier alpha value is -1.39. The van der Waals surface area contributed by atoms with Gasteiger partial charge in [-0.05, 0) is 19.4 Å². The number of hydrogen-bond acceptors (Lipinski definition) is 3. The van der Waals surface area contributed by atoms with Crippen LogP contribution in [0.4, 0.5) is 0 Å². The zero-order valence-corrected chi connectivity index (χ0v) is 10.1. The van der Waals surface area contributed by atoms with Crippen LogP contribution >= 0.6 is 0 Å². The van der Waals surface area contributed by atoms with E-state index in [2.05, 4.69) is 0 Å². The summed E-state index contributed by atoms with van der Waals surface area (Å²) in [5.41, 5.74) is 0.292. The summed E-state index contributed by atoms with van der Waals surface area (Å²) in [7, 11) is 0. The number of aliphatic hydroxyl groups excluding tert-OH is 1. The normalized spacial score (nSPS) is 20.6. The molecule has 1 amide bonds. The van der Waals surface area contributed by atoms with E-state index in [1.807, 2.05) is 44.2 Å². The number of rotatable bonds is 2. The minimum atomic E-state index is -0.648. The molecule has 92 valence electrons. The Bertz CT molecular complexity index is 402. The highest BCUT2D eigenvalue weighted by atomic mass is 16.7. The lowest BCUT2D eigenvalue weighted by Gasteiger charge is -2.28. The average Bonchev–Trinajstić information content (AvgIpc) is 2.76. The fourth-order valence-corrected chi connectivity index (χ4v) is 1.90. The second-order valence-electron chi connectivity index (χ2n) is 4.81. The maximum Gasteiger partial charge on any atom is 0.256 e. The molecule has 1 heterocycles. The van der Waals surface area contributed by atoms with Gasteiger partial charge in [0.15, 0.2) is 0 Å². The van der Waals surface area contributed by atoms with Gasteiger partial charge in [-0.15, -0.1) is 0 Å². The highest BCUT2D eigenvalue weighted by molar-refractivity contribution is 5.86. The van der Waals surface area contributed by atoms with Gasteiger partial charge in [0.2, 0.25) is 0 Å². The Balaban J connectivity index is 2.18. The van der Waals surface area contributed by atoms with Crippen LogP contribution in [0.5, 0.6) is 0 Å². The molecule has 0 aromatic heterocycles. The molecule has 1 aliphatic rings. The number of β-amino-alcohol motifs (C(OH)–C–C–N with tert-alkyl or cyclic N) is 1. The lowest BCUT2D eigenvalue weighted by atomic mass is 9.83. The van der Waals surface area contributed by atoms with Gasteiger partial charge >= 0.3 is 0 Å². The number of benzene rings is 1. The molecule has 17 heavy (non-hydrogen) atoms. The Morgan fingerprint density at radius 3 is 2.59 bits per heavy atom. The van der Waals surface area contributed by atoms with Crippen LogP contribution in [-0.4, -0.2) is 35.3 Å². The molecule has 1 N–H and O–H groups in total. The van der Waals surface area contributed by atoms with Gasteiger partial charge in [-0.25, -0.2) is 5.06 Å². The minimum Gasteiger partial charge on any atom is -0.389 e. The average molecular weight is 235 g/mol. The number of aliphatic hydroxyl groups is 1. The van der Waals surface area contributed by atoms with Crippen LogP contribution < -0.4 is 0 Å². The summed E-state index contributed by atoms with van der Waals surface area (Å²) in [5, 5.41) is 10.6. The van der Waals surface area contributed by atoms with E-state index in [0.717, 1.165) is 5.56 Å². The Kier molecular flexibility index (Phi) is 3.17. The highest BCUT2D eigenvalue weighted by Gasteiger charge is 2.37. The molecule has 1 aromatic carbocycles. The molecule has 0 saturated carbocycles. The van der Waals surface area contributed by atoms with Crippen LogP contribution in [0.1, 0.15) is 19.4 Å². The van der Waals surface area contributed by atoms with Crippen LogP contribution in [-0.2, 0) is 15.0 Å². The Labute approximate surface area is 101 Å². The molecule has 0 bridgehead atoms. The lowest BCUT2D eigenvalue weighted by molar-refractivity contribution is -0.174. The van der Waals surface area contributed by atoms with Gasteiger partial charge in [-0.1, -0.05) is 30.3 Å². The van der Waals surface area contributed by atoms with Gasteiger partial charge in [0, 0.05) is 0 Å². The SMILES string of the molecule is CC(C)(C(=O)N1C[C@H](O)CO1)c1ccccc1. The largest absolute Gasteiger partial charge is 0.389 e. The molecule has 1 aromatic rings.